The highest BCUT2D eigenvalue weighted by molar-refractivity contribution is 5.30. The van der Waals surface area contributed by atoms with E-state index in [1.807, 2.05) is 6.92 Å². The molecular weight excluding hydrogens is 248 g/mol. The van der Waals surface area contributed by atoms with Gasteiger partial charge in [0.15, 0.2) is 11.6 Å². The van der Waals surface area contributed by atoms with Crippen LogP contribution in [0.4, 0.5) is 8.78 Å². The van der Waals surface area contributed by atoms with Crippen LogP contribution >= 0.6 is 0 Å². The molecule has 0 heterocycles. The van der Waals surface area contributed by atoms with Crippen molar-refractivity contribution < 1.29 is 13.5 Å². The Hall–Kier alpha value is -1.94. The molecule has 0 bridgehead atoms. The number of hydrogen-bond donors (Lipinski definition) is 1. The second-order valence-electron chi connectivity index (χ2n) is 4.35. The fraction of sp³-hybridized carbons (Fsp3) is 0.200. The summed E-state index contributed by atoms with van der Waals surface area (Å²) in [5, 5.41) is 0. The van der Waals surface area contributed by atoms with Crippen molar-refractivity contribution in [3.05, 3.63) is 64.7 Å². The van der Waals surface area contributed by atoms with Crippen molar-refractivity contribution in [2.75, 3.05) is 0 Å². The first kappa shape index (κ1) is 13.5. The van der Waals surface area contributed by atoms with Crippen molar-refractivity contribution in [2.24, 2.45) is 5.73 Å². The van der Waals surface area contributed by atoms with E-state index in [1.165, 1.54) is 12.1 Å². The predicted molar refractivity (Wildman–Crippen MR) is 69.8 cm³/mol. The van der Waals surface area contributed by atoms with Gasteiger partial charge in [-0.15, -0.1) is 0 Å². The van der Waals surface area contributed by atoms with Crippen LogP contribution in [0.5, 0.6) is 5.75 Å². The van der Waals surface area contributed by atoms with Gasteiger partial charge in [-0.3, -0.25) is 0 Å². The number of benzene rings is 2. The van der Waals surface area contributed by atoms with Crippen LogP contribution in [0, 0.1) is 18.6 Å². The number of aryl methyl sites for hydroxylation is 1. The van der Waals surface area contributed by atoms with Crippen molar-refractivity contribution in [3.8, 4) is 5.75 Å². The normalized spacial score (nSPS) is 10.5. The van der Waals surface area contributed by atoms with E-state index in [9.17, 15) is 8.78 Å². The molecule has 100 valence electrons. The number of nitrogens with two attached hydrogens (primary N) is 1. The first-order valence-corrected chi connectivity index (χ1v) is 5.96. The van der Waals surface area contributed by atoms with Gasteiger partial charge in [-0.1, -0.05) is 12.1 Å². The van der Waals surface area contributed by atoms with Gasteiger partial charge in [0, 0.05) is 12.1 Å². The SMILES string of the molecule is Cc1ccc(F)c(OCc2ccc(F)c(CN)c2)c1. The van der Waals surface area contributed by atoms with Crippen LogP contribution in [0.1, 0.15) is 16.7 Å². The Labute approximate surface area is 110 Å². The summed E-state index contributed by atoms with van der Waals surface area (Å²) in [5.41, 5.74) is 7.52. The third kappa shape index (κ3) is 3.29. The van der Waals surface area contributed by atoms with Crippen LogP contribution in [0.3, 0.4) is 0 Å². The van der Waals surface area contributed by atoms with E-state index in [2.05, 4.69) is 0 Å². The molecule has 0 aliphatic carbocycles. The zero-order valence-electron chi connectivity index (χ0n) is 10.6. The van der Waals surface area contributed by atoms with E-state index in [1.54, 1.807) is 24.3 Å². The molecule has 2 aromatic rings. The number of rotatable bonds is 4. The first-order chi connectivity index (χ1) is 9.10. The molecular formula is C15H15F2NO. The van der Waals surface area contributed by atoms with Gasteiger partial charge < -0.3 is 10.5 Å². The van der Waals surface area contributed by atoms with Gasteiger partial charge in [-0.05, 0) is 42.3 Å². The molecule has 0 aromatic heterocycles. The molecule has 0 amide bonds. The first-order valence-electron chi connectivity index (χ1n) is 5.96. The maximum absolute atomic E-state index is 13.5. The Morgan fingerprint density at radius 1 is 1.05 bits per heavy atom. The molecule has 0 saturated heterocycles. The zero-order valence-corrected chi connectivity index (χ0v) is 10.6. The molecule has 0 spiro atoms. The molecule has 0 unspecified atom stereocenters. The summed E-state index contributed by atoms with van der Waals surface area (Å²) in [7, 11) is 0. The van der Waals surface area contributed by atoms with Crippen LogP contribution in [-0.2, 0) is 13.2 Å². The lowest BCUT2D eigenvalue weighted by Crippen LogP contribution is -2.03. The zero-order chi connectivity index (χ0) is 13.8. The van der Waals surface area contributed by atoms with Crippen LogP contribution in [0.2, 0.25) is 0 Å². The van der Waals surface area contributed by atoms with E-state index in [0.717, 1.165) is 11.1 Å². The highest BCUT2D eigenvalue weighted by atomic mass is 19.1. The molecule has 2 rings (SSSR count). The minimum absolute atomic E-state index is 0.123. The summed E-state index contributed by atoms with van der Waals surface area (Å²) >= 11 is 0. The maximum Gasteiger partial charge on any atom is 0.165 e. The second kappa shape index (κ2) is 5.80. The second-order valence-corrected chi connectivity index (χ2v) is 4.35. The van der Waals surface area contributed by atoms with Gasteiger partial charge in [0.1, 0.15) is 12.4 Å². The lowest BCUT2D eigenvalue weighted by Gasteiger charge is -2.09. The molecule has 0 radical (unpaired) electrons. The summed E-state index contributed by atoms with van der Waals surface area (Å²) in [4.78, 5) is 0. The van der Waals surface area contributed by atoms with Gasteiger partial charge in [0.25, 0.3) is 0 Å². The maximum atomic E-state index is 13.5. The molecule has 0 saturated carbocycles. The molecule has 0 aliphatic heterocycles. The van der Waals surface area contributed by atoms with Crippen molar-refractivity contribution in [1.29, 1.82) is 0 Å². The quantitative estimate of drug-likeness (QED) is 0.918. The van der Waals surface area contributed by atoms with Crippen LogP contribution in [0.25, 0.3) is 0 Å². The summed E-state index contributed by atoms with van der Waals surface area (Å²) in [5.74, 6) is -0.557. The van der Waals surface area contributed by atoms with Crippen molar-refractivity contribution in [3.63, 3.8) is 0 Å². The van der Waals surface area contributed by atoms with Gasteiger partial charge >= 0.3 is 0 Å². The highest BCUT2D eigenvalue weighted by Gasteiger charge is 2.06. The lowest BCUT2D eigenvalue weighted by atomic mass is 10.1. The fourth-order valence-electron chi connectivity index (χ4n) is 1.76. The van der Waals surface area contributed by atoms with Crippen molar-refractivity contribution in [2.45, 2.75) is 20.1 Å². The molecule has 0 atom stereocenters. The number of ether oxygens (including phenoxy) is 1. The van der Waals surface area contributed by atoms with Crippen LogP contribution in [-0.4, -0.2) is 0 Å². The fourth-order valence-corrected chi connectivity index (χ4v) is 1.76. The number of halogens is 2. The smallest absolute Gasteiger partial charge is 0.165 e. The van der Waals surface area contributed by atoms with Gasteiger partial charge in [0.05, 0.1) is 0 Å². The van der Waals surface area contributed by atoms with E-state index < -0.39 is 5.82 Å². The predicted octanol–water partition coefficient (Wildman–Crippen LogP) is 3.31. The molecule has 19 heavy (non-hydrogen) atoms. The van der Waals surface area contributed by atoms with Crippen molar-refractivity contribution in [1.82, 2.24) is 0 Å². The Morgan fingerprint density at radius 2 is 1.79 bits per heavy atom. The molecule has 0 aliphatic rings. The van der Waals surface area contributed by atoms with Gasteiger partial charge in [-0.2, -0.15) is 0 Å². The Morgan fingerprint density at radius 3 is 2.53 bits per heavy atom. The topological polar surface area (TPSA) is 35.2 Å². The molecule has 4 heteroatoms. The van der Waals surface area contributed by atoms with Gasteiger partial charge in [-0.25, -0.2) is 8.78 Å². The Bertz CT molecular complexity index is 584. The summed E-state index contributed by atoms with van der Waals surface area (Å²) in [6, 6.07) is 9.23. The average molecular weight is 263 g/mol. The molecule has 2 N–H and O–H groups in total. The van der Waals surface area contributed by atoms with E-state index in [-0.39, 0.29) is 24.7 Å². The molecule has 0 fully saturated rings. The molecule has 2 aromatic carbocycles. The standard InChI is InChI=1S/C15H15F2NO/c1-10-2-4-14(17)15(6-10)19-9-11-3-5-13(16)12(7-11)8-18/h2-7H,8-9,18H2,1H3. The van der Waals surface area contributed by atoms with E-state index >= 15 is 0 Å². The van der Waals surface area contributed by atoms with Gasteiger partial charge in [0.2, 0.25) is 0 Å². The summed E-state index contributed by atoms with van der Waals surface area (Å²) < 4.78 is 32.2. The monoisotopic (exact) mass is 263 g/mol. The van der Waals surface area contributed by atoms with Crippen LogP contribution in [0.15, 0.2) is 36.4 Å². The van der Waals surface area contributed by atoms with Crippen molar-refractivity contribution >= 4 is 0 Å². The summed E-state index contributed by atoms with van der Waals surface area (Å²) in [6.07, 6.45) is 0. The van der Waals surface area contributed by atoms with E-state index in [0.29, 0.717) is 5.56 Å². The minimum Gasteiger partial charge on any atom is -0.486 e. The third-order valence-corrected chi connectivity index (χ3v) is 2.81. The van der Waals surface area contributed by atoms with E-state index in [4.69, 9.17) is 10.5 Å². The van der Waals surface area contributed by atoms with Crippen LogP contribution < -0.4 is 10.5 Å². The summed E-state index contributed by atoms with van der Waals surface area (Å²) in [6.45, 7) is 2.16. The lowest BCUT2D eigenvalue weighted by molar-refractivity contribution is 0.290. The Kier molecular flexibility index (Phi) is 4.12. The number of hydrogen-bond acceptors (Lipinski definition) is 2. The Balaban J connectivity index is 2.12. The minimum atomic E-state index is -0.410. The highest BCUT2D eigenvalue weighted by Crippen LogP contribution is 2.20. The molecule has 2 nitrogen and oxygen atoms in total. The third-order valence-electron chi connectivity index (χ3n) is 2.81. The average Bonchev–Trinajstić information content (AvgIpc) is 2.41. The largest absolute Gasteiger partial charge is 0.486 e.